The standard InChI is InChI=1S/C12H9F4S.ClH/c13-9-4-3-8-5-10(7-1-2-7)17(11(8)6-9)12(14,15)16;/h3-7H,1-2H2;1H/q+1;. The molecular weight excluding hydrogens is 288 g/mol. The number of alkyl halides is 3. The first-order valence-corrected chi connectivity index (χ1v) is 6.51. The molecule has 0 amide bonds. The van der Waals surface area contributed by atoms with Crippen LogP contribution in [0.5, 0.6) is 0 Å². The Hall–Kier alpha value is -0.810. The Kier molecular flexibility index (Phi) is 3.32. The molecule has 1 aromatic carbocycles. The smallest absolute Gasteiger partial charge is 0.207 e. The highest BCUT2D eigenvalue weighted by molar-refractivity contribution is 7.38. The van der Waals surface area contributed by atoms with Crippen molar-refractivity contribution in [1.29, 1.82) is 0 Å². The Morgan fingerprint density at radius 1 is 1.11 bits per heavy atom. The Morgan fingerprint density at radius 3 is 2.33 bits per heavy atom. The van der Waals surface area contributed by atoms with E-state index < -0.39 is 21.8 Å². The molecule has 1 aliphatic carbocycles. The highest BCUT2D eigenvalue weighted by Crippen LogP contribution is 2.57. The fourth-order valence-electron chi connectivity index (χ4n) is 2.05. The van der Waals surface area contributed by atoms with Gasteiger partial charge in [-0.25, -0.2) is 4.39 Å². The summed E-state index contributed by atoms with van der Waals surface area (Å²) in [5, 5.41) is 0.522. The third kappa shape index (κ3) is 2.21. The maximum Gasteiger partial charge on any atom is 0.600 e. The van der Waals surface area contributed by atoms with E-state index in [1.807, 2.05) is 0 Å². The van der Waals surface area contributed by atoms with Gasteiger partial charge in [0.05, 0.1) is 10.5 Å². The maximum absolute atomic E-state index is 13.1. The molecule has 1 fully saturated rings. The van der Waals surface area contributed by atoms with Crippen molar-refractivity contribution in [3.05, 3.63) is 35.0 Å². The molecule has 1 saturated carbocycles. The number of halogens is 5. The summed E-state index contributed by atoms with van der Waals surface area (Å²) in [5.74, 6) is -0.550. The molecule has 1 aromatic heterocycles. The summed E-state index contributed by atoms with van der Waals surface area (Å²) in [6, 6.07) is 5.27. The molecule has 0 radical (unpaired) electrons. The topological polar surface area (TPSA) is 0 Å². The second kappa shape index (κ2) is 4.38. The van der Waals surface area contributed by atoms with Gasteiger partial charge in [0.2, 0.25) is 0 Å². The van der Waals surface area contributed by atoms with Crippen LogP contribution in [0, 0.1) is 5.82 Å². The second-order valence-electron chi connectivity index (χ2n) is 4.26. The zero-order valence-corrected chi connectivity index (χ0v) is 10.8. The molecule has 6 heteroatoms. The number of thiophene rings is 1. The number of hydrogen-bond acceptors (Lipinski definition) is 0. The summed E-state index contributed by atoms with van der Waals surface area (Å²) in [4.78, 5) is 0.443. The van der Waals surface area contributed by atoms with Crippen molar-refractivity contribution >= 4 is 33.0 Å². The minimum absolute atomic E-state index is 0. The number of fused-ring (bicyclic) bond motifs is 1. The lowest BCUT2D eigenvalue weighted by molar-refractivity contribution is -0.0867. The molecule has 0 aliphatic heterocycles. The van der Waals surface area contributed by atoms with Crippen LogP contribution in [-0.4, -0.2) is 0 Å². The zero-order valence-electron chi connectivity index (χ0n) is 9.13. The molecule has 0 N–H and O–H groups in total. The molecule has 3 rings (SSSR count). The molecule has 0 bridgehead atoms. The van der Waals surface area contributed by atoms with Gasteiger partial charge in [0.1, 0.15) is 5.82 Å². The normalized spacial score (nSPS) is 16.8. The second-order valence-corrected chi connectivity index (χ2v) is 6.24. The van der Waals surface area contributed by atoms with Gasteiger partial charge in [-0.2, -0.15) is 0 Å². The van der Waals surface area contributed by atoms with Crippen LogP contribution in [0.1, 0.15) is 23.6 Å². The Morgan fingerprint density at radius 2 is 1.78 bits per heavy atom. The van der Waals surface area contributed by atoms with E-state index in [1.54, 1.807) is 6.07 Å². The van der Waals surface area contributed by atoms with Crippen LogP contribution in [-0.2, 0) is 5.51 Å². The van der Waals surface area contributed by atoms with Crippen molar-refractivity contribution in [1.82, 2.24) is 0 Å². The van der Waals surface area contributed by atoms with E-state index in [2.05, 4.69) is 0 Å². The number of benzene rings is 1. The first-order valence-electron chi connectivity index (χ1n) is 5.29. The molecule has 1 atom stereocenters. The molecule has 0 nitrogen and oxygen atoms in total. The molecule has 18 heavy (non-hydrogen) atoms. The first kappa shape index (κ1) is 13.6. The van der Waals surface area contributed by atoms with Gasteiger partial charge < -0.3 is 0 Å². The molecule has 1 heterocycles. The molecule has 2 aromatic rings. The highest BCUT2D eigenvalue weighted by Gasteiger charge is 2.51. The lowest BCUT2D eigenvalue weighted by Crippen LogP contribution is -1.97. The number of rotatable bonds is 1. The van der Waals surface area contributed by atoms with Crippen LogP contribution in [0.15, 0.2) is 24.3 Å². The van der Waals surface area contributed by atoms with Gasteiger partial charge in [-0.05, 0) is 25.0 Å². The predicted molar refractivity (Wildman–Crippen MR) is 66.9 cm³/mol. The average Bonchev–Trinajstić information content (AvgIpc) is 2.97. The third-order valence-electron chi connectivity index (χ3n) is 2.94. The number of hydrogen-bond donors (Lipinski definition) is 0. The van der Waals surface area contributed by atoms with Crippen LogP contribution in [0.25, 0.3) is 10.1 Å². The van der Waals surface area contributed by atoms with Crippen LogP contribution in [0.2, 0.25) is 0 Å². The third-order valence-corrected chi connectivity index (χ3v) is 5.12. The predicted octanol–water partition coefficient (Wildman–Crippen LogP) is 5.50. The summed E-state index contributed by atoms with van der Waals surface area (Å²) < 4.78 is 52.4. The quantitative estimate of drug-likeness (QED) is 0.481. The van der Waals surface area contributed by atoms with Crippen molar-refractivity contribution in [3.8, 4) is 0 Å². The van der Waals surface area contributed by atoms with E-state index in [0.717, 1.165) is 18.9 Å². The fourth-order valence-corrected chi connectivity index (χ4v) is 4.23. The average molecular weight is 298 g/mol. The van der Waals surface area contributed by atoms with Crippen molar-refractivity contribution in [3.63, 3.8) is 0 Å². The van der Waals surface area contributed by atoms with Crippen LogP contribution >= 0.6 is 22.9 Å². The fraction of sp³-hybridized carbons (Fsp3) is 0.333. The Balaban J connectivity index is 0.00000120. The lowest BCUT2D eigenvalue weighted by atomic mass is 10.2. The van der Waals surface area contributed by atoms with Gasteiger partial charge in [-0.3, -0.25) is 0 Å². The SMILES string of the molecule is Cl.Fc1ccc2cc(C3CC3)[s+](C(F)(F)F)c2c1. The zero-order chi connectivity index (χ0) is 12.2. The first-order chi connectivity index (χ1) is 7.97. The van der Waals surface area contributed by atoms with E-state index in [-0.39, 0.29) is 23.0 Å². The lowest BCUT2D eigenvalue weighted by Gasteiger charge is -1.98. The van der Waals surface area contributed by atoms with Gasteiger partial charge in [-0.15, -0.1) is 25.6 Å². The molecule has 98 valence electrons. The summed E-state index contributed by atoms with van der Waals surface area (Å²) in [7, 11) is -1.91. The van der Waals surface area contributed by atoms with Crippen molar-refractivity contribution in [2.45, 2.75) is 24.3 Å². The van der Waals surface area contributed by atoms with Gasteiger partial charge in [-0.1, -0.05) is 0 Å². The summed E-state index contributed by atoms with van der Waals surface area (Å²) in [6.07, 6.45) is 1.64. The maximum atomic E-state index is 13.1. The van der Waals surface area contributed by atoms with Gasteiger partial charge in [0.25, 0.3) is 0 Å². The molecule has 0 saturated heterocycles. The van der Waals surface area contributed by atoms with Crippen molar-refractivity contribution in [2.24, 2.45) is 0 Å². The van der Waals surface area contributed by atoms with Gasteiger partial charge in [0.15, 0.2) is 9.58 Å². The van der Waals surface area contributed by atoms with Crippen molar-refractivity contribution in [2.75, 3.05) is 0 Å². The van der Waals surface area contributed by atoms with E-state index in [4.69, 9.17) is 0 Å². The van der Waals surface area contributed by atoms with Crippen LogP contribution < -0.4 is 0 Å². The van der Waals surface area contributed by atoms with E-state index >= 15 is 0 Å². The summed E-state index contributed by atoms with van der Waals surface area (Å²) >= 11 is 0. The molecule has 1 aliphatic rings. The van der Waals surface area contributed by atoms with Crippen LogP contribution in [0.4, 0.5) is 17.6 Å². The Labute approximate surface area is 110 Å². The summed E-state index contributed by atoms with van der Waals surface area (Å²) in [6.45, 7) is 0. The van der Waals surface area contributed by atoms with Gasteiger partial charge >= 0.3 is 5.51 Å². The van der Waals surface area contributed by atoms with Crippen molar-refractivity contribution < 1.29 is 17.6 Å². The van der Waals surface area contributed by atoms with E-state index in [0.29, 0.717) is 10.3 Å². The minimum Gasteiger partial charge on any atom is -0.207 e. The van der Waals surface area contributed by atoms with Gasteiger partial charge in [0, 0.05) is 23.4 Å². The van der Waals surface area contributed by atoms with E-state index in [1.165, 1.54) is 12.1 Å². The van der Waals surface area contributed by atoms with Crippen LogP contribution in [0.3, 0.4) is 0 Å². The molecule has 0 spiro atoms. The molecule has 1 unspecified atom stereocenters. The monoisotopic (exact) mass is 297 g/mol. The highest BCUT2D eigenvalue weighted by atomic mass is 35.5. The molecular formula is C12H10ClF4S+. The minimum atomic E-state index is -4.30. The largest absolute Gasteiger partial charge is 0.600 e. The Bertz CT molecular complexity index is 584. The summed E-state index contributed by atoms with van der Waals surface area (Å²) in [5.41, 5.74) is -4.30. The van der Waals surface area contributed by atoms with E-state index in [9.17, 15) is 17.6 Å².